The van der Waals surface area contributed by atoms with Crippen LogP contribution in [0.25, 0.3) is 0 Å². The third kappa shape index (κ3) is 1.83. The molecule has 1 aromatic heterocycles. The van der Waals surface area contributed by atoms with E-state index in [1.165, 1.54) is 6.92 Å². The van der Waals surface area contributed by atoms with Crippen molar-refractivity contribution in [2.24, 2.45) is 0 Å². The van der Waals surface area contributed by atoms with Crippen molar-refractivity contribution in [3.8, 4) is 0 Å². The molecule has 0 aliphatic heterocycles. The number of aromatic carboxylic acids is 1. The second-order valence-corrected chi connectivity index (χ2v) is 1.60. The van der Waals surface area contributed by atoms with Gasteiger partial charge in [-0.2, -0.15) is 0 Å². The molecule has 0 saturated carbocycles. The van der Waals surface area contributed by atoms with E-state index in [-0.39, 0.29) is 35.1 Å². The molecule has 0 amide bonds. The number of aromatic nitrogens is 1. The first-order chi connectivity index (χ1) is 4.22. The van der Waals surface area contributed by atoms with E-state index in [2.05, 4.69) is 9.68 Å². The fourth-order valence-electron chi connectivity index (χ4n) is 0.488. The maximum absolute atomic E-state index is 10.1. The minimum atomic E-state index is -1.26. The summed E-state index contributed by atoms with van der Waals surface area (Å²) >= 11 is 0. The van der Waals surface area contributed by atoms with Gasteiger partial charge < -0.3 is 14.4 Å². The Morgan fingerprint density at radius 2 is 2.40 bits per heavy atom. The molecular formula is C5H4NNaO3. The number of nitrogens with zero attached hydrogens (tertiary/aromatic N) is 1. The summed E-state index contributed by atoms with van der Waals surface area (Å²) in [5.74, 6) is -1.26. The topological polar surface area (TPSA) is 66.2 Å². The standard InChI is InChI=1S/C5H5NO3.Na/c1-3-4(5(7)8)2-9-6-3;/h2H,1H3,(H,7,8);/q;+1/p-1. The van der Waals surface area contributed by atoms with E-state index in [1.807, 2.05) is 0 Å². The van der Waals surface area contributed by atoms with Crippen LogP contribution in [0.3, 0.4) is 0 Å². The van der Waals surface area contributed by atoms with Crippen LogP contribution in [0.4, 0.5) is 0 Å². The first kappa shape index (κ1) is 9.68. The fraction of sp³-hybridized carbons (Fsp3) is 0.200. The molecule has 0 bridgehead atoms. The van der Waals surface area contributed by atoms with Gasteiger partial charge in [0.1, 0.15) is 6.26 Å². The molecule has 48 valence electrons. The Balaban J connectivity index is 0.000000810. The average molecular weight is 149 g/mol. The van der Waals surface area contributed by atoms with E-state index in [1.54, 1.807) is 0 Å². The molecule has 0 radical (unpaired) electrons. The molecular weight excluding hydrogens is 145 g/mol. The molecule has 0 unspecified atom stereocenters. The zero-order valence-electron chi connectivity index (χ0n) is 5.75. The monoisotopic (exact) mass is 149 g/mol. The summed E-state index contributed by atoms with van der Waals surface area (Å²) in [6.45, 7) is 1.54. The van der Waals surface area contributed by atoms with E-state index in [9.17, 15) is 9.90 Å². The minimum absolute atomic E-state index is 0. The number of carboxylic acid groups (broad SMARTS) is 1. The quantitative estimate of drug-likeness (QED) is 0.386. The zero-order valence-corrected chi connectivity index (χ0v) is 7.75. The molecule has 1 heterocycles. The largest absolute Gasteiger partial charge is 1.00 e. The first-order valence-electron chi connectivity index (χ1n) is 2.34. The Morgan fingerprint density at radius 1 is 1.80 bits per heavy atom. The fourth-order valence-corrected chi connectivity index (χ4v) is 0.488. The van der Waals surface area contributed by atoms with Gasteiger partial charge >= 0.3 is 29.6 Å². The Kier molecular flexibility index (Phi) is 3.63. The van der Waals surface area contributed by atoms with E-state index < -0.39 is 5.97 Å². The number of hydrogen-bond donors (Lipinski definition) is 0. The Morgan fingerprint density at radius 3 is 2.60 bits per heavy atom. The smallest absolute Gasteiger partial charge is 0.545 e. The molecule has 0 saturated heterocycles. The molecule has 0 spiro atoms. The molecule has 0 fully saturated rings. The van der Waals surface area contributed by atoms with Crippen molar-refractivity contribution in [1.82, 2.24) is 5.16 Å². The van der Waals surface area contributed by atoms with Crippen LogP contribution in [0, 0.1) is 6.92 Å². The predicted octanol–water partition coefficient (Wildman–Crippen LogP) is -3.65. The predicted molar refractivity (Wildman–Crippen MR) is 25.6 cm³/mol. The minimum Gasteiger partial charge on any atom is -0.545 e. The van der Waals surface area contributed by atoms with E-state index in [0.717, 1.165) is 6.26 Å². The van der Waals surface area contributed by atoms with Gasteiger partial charge in [0.15, 0.2) is 0 Å². The third-order valence-corrected chi connectivity index (χ3v) is 0.970. The van der Waals surface area contributed by atoms with Gasteiger partial charge in [-0.1, -0.05) is 5.16 Å². The normalized spacial score (nSPS) is 8.50. The SMILES string of the molecule is Cc1nocc1C(=O)[O-].[Na+]. The molecule has 0 aliphatic rings. The van der Waals surface area contributed by atoms with E-state index in [0.29, 0.717) is 5.69 Å². The van der Waals surface area contributed by atoms with Gasteiger partial charge in [0.2, 0.25) is 0 Å². The van der Waals surface area contributed by atoms with E-state index in [4.69, 9.17) is 0 Å². The number of carbonyl (C=O) groups excluding carboxylic acids is 1. The maximum atomic E-state index is 10.1. The van der Waals surface area contributed by atoms with Crippen molar-refractivity contribution in [2.75, 3.05) is 0 Å². The van der Waals surface area contributed by atoms with Crippen LogP contribution in [0.5, 0.6) is 0 Å². The van der Waals surface area contributed by atoms with Crippen LogP contribution in [0.1, 0.15) is 16.1 Å². The zero-order chi connectivity index (χ0) is 6.85. The number of carbonyl (C=O) groups is 1. The van der Waals surface area contributed by atoms with Crippen molar-refractivity contribution >= 4 is 5.97 Å². The number of hydrogen-bond acceptors (Lipinski definition) is 4. The van der Waals surface area contributed by atoms with Crippen molar-refractivity contribution in [3.05, 3.63) is 17.5 Å². The molecule has 4 nitrogen and oxygen atoms in total. The van der Waals surface area contributed by atoms with Crippen LogP contribution in [-0.2, 0) is 0 Å². The molecule has 10 heavy (non-hydrogen) atoms. The van der Waals surface area contributed by atoms with E-state index >= 15 is 0 Å². The van der Waals surface area contributed by atoms with Crippen LogP contribution >= 0.6 is 0 Å². The number of carboxylic acids is 1. The van der Waals surface area contributed by atoms with Gasteiger partial charge in [-0.25, -0.2) is 0 Å². The second-order valence-electron chi connectivity index (χ2n) is 1.60. The molecule has 5 heteroatoms. The summed E-state index contributed by atoms with van der Waals surface area (Å²) in [7, 11) is 0. The molecule has 1 rings (SSSR count). The Hall–Kier alpha value is -0.320. The van der Waals surface area contributed by atoms with Crippen molar-refractivity contribution < 1.29 is 44.0 Å². The first-order valence-corrected chi connectivity index (χ1v) is 2.34. The second kappa shape index (κ2) is 3.75. The Bertz CT molecular complexity index is 233. The summed E-state index contributed by atoms with van der Waals surface area (Å²) < 4.78 is 4.34. The van der Waals surface area contributed by atoms with Gasteiger partial charge in [0, 0.05) is 0 Å². The summed E-state index contributed by atoms with van der Waals surface area (Å²) in [5, 5.41) is 13.4. The van der Waals surface area contributed by atoms with Crippen molar-refractivity contribution in [1.29, 1.82) is 0 Å². The van der Waals surface area contributed by atoms with Crippen LogP contribution < -0.4 is 34.7 Å². The summed E-state index contributed by atoms with van der Waals surface area (Å²) in [6.07, 6.45) is 1.05. The van der Waals surface area contributed by atoms with Crippen LogP contribution in [0.15, 0.2) is 10.8 Å². The van der Waals surface area contributed by atoms with Gasteiger partial charge in [0.05, 0.1) is 17.2 Å². The van der Waals surface area contributed by atoms with Crippen LogP contribution in [-0.4, -0.2) is 11.1 Å². The van der Waals surface area contributed by atoms with Crippen molar-refractivity contribution in [3.63, 3.8) is 0 Å². The van der Waals surface area contributed by atoms with Gasteiger partial charge in [0.25, 0.3) is 0 Å². The van der Waals surface area contributed by atoms with Gasteiger partial charge in [-0.05, 0) is 6.92 Å². The summed E-state index contributed by atoms with van der Waals surface area (Å²) in [4.78, 5) is 10.1. The number of rotatable bonds is 1. The Labute approximate surface area is 79.5 Å². The van der Waals surface area contributed by atoms with Gasteiger partial charge in [-0.3, -0.25) is 0 Å². The number of aryl methyl sites for hydroxylation is 1. The summed E-state index contributed by atoms with van der Waals surface area (Å²) in [6, 6.07) is 0. The molecule has 1 aromatic rings. The molecule has 0 atom stereocenters. The third-order valence-electron chi connectivity index (χ3n) is 0.970. The summed E-state index contributed by atoms with van der Waals surface area (Å²) in [5.41, 5.74) is 0.352. The maximum Gasteiger partial charge on any atom is 1.00 e. The molecule has 0 N–H and O–H groups in total. The molecule has 0 aliphatic carbocycles. The van der Waals surface area contributed by atoms with Crippen LogP contribution in [0.2, 0.25) is 0 Å². The molecule has 0 aromatic carbocycles. The van der Waals surface area contributed by atoms with Crippen molar-refractivity contribution in [2.45, 2.75) is 6.92 Å². The average Bonchev–Trinajstić information content (AvgIpc) is 2.13. The van der Waals surface area contributed by atoms with Gasteiger partial charge in [-0.15, -0.1) is 0 Å².